The molecule has 0 atom stereocenters. The second-order valence-electron chi connectivity index (χ2n) is 9.32. The van der Waals surface area contributed by atoms with Gasteiger partial charge in [-0.25, -0.2) is 9.97 Å². The van der Waals surface area contributed by atoms with Crippen molar-refractivity contribution in [2.24, 2.45) is 0 Å². The molecular formula is C27H22ClF3N6O3. The molecule has 0 spiro atoms. The third-order valence-corrected chi connectivity index (χ3v) is 6.72. The van der Waals surface area contributed by atoms with Gasteiger partial charge in [0, 0.05) is 42.6 Å². The van der Waals surface area contributed by atoms with Crippen LogP contribution >= 0.6 is 11.6 Å². The second-order valence-corrected chi connectivity index (χ2v) is 9.73. The molecular weight excluding hydrogens is 549 g/mol. The number of halogens is 4. The average molecular weight is 571 g/mol. The lowest BCUT2D eigenvalue weighted by molar-refractivity contribution is -0.137. The van der Waals surface area contributed by atoms with Gasteiger partial charge in [-0.2, -0.15) is 13.2 Å². The Labute approximate surface area is 230 Å². The Bertz CT molecular complexity index is 1640. The van der Waals surface area contributed by atoms with Gasteiger partial charge in [-0.05, 0) is 54.8 Å². The van der Waals surface area contributed by atoms with Crippen LogP contribution in [-0.4, -0.2) is 44.5 Å². The van der Waals surface area contributed by atoms with Gasteiger partial charge in [0.1, 0.15) is 11.4 Å². The molecule has 2 amide bonds. The summed E-state index contributed by atoms with van der Waals surface area (Å²) in [5, 5.41) is 19.0. The summed E-state index contributed by atoms with van der Waals surface area (Å²) in [4.78, 5) is 37.6. The average Bonchev–Trinajstić information content (AvgIpc) is 3.69. The van der Waals surface area contributed by atoms with Crippen LogP contribution in [0.4, 0.5) is 24.7 Å². The van der Waals surface area contributed by atoms with Crippen LogP contribution in [0, 0.1) is 0 Å². The van der Waals surface area contributed by atoms with E-state index >= 15 is 0 Å². The minimum atomic E-state index is -4.58. The van der Waals surface area contributed by atoms with Gasteiger partial charge in [0.25, 0.3) is 11.8 Å². The smallest absolute Gasteiger partial charge is 0.380 e. The van der Waals surface area contributed by atoms with Crippen molar-refractivity contribution in [1.82, 2.24) is 20.3 Å². The van der Waals surface area contributed by atoms with E-state index in [1.807, 2.05) is 0 Å². The van der Waals surface area contributed by atoms with Crippen LogP contribution in [0.5, 0.6) is 0 Å². The van der Waals surface area contributed by atoms with E-state index in [9.17, 15) is 27.9 Å². The van der Waals surface area contributed by atoms with Crippen molar-refractivity contribution < 1.29 is 27.9 Å². The maximum absolute atomic E-state index is 13.2. The fourth-order valence-electron chi connectivity index (χ4n) is 3.99. The van der Waals surface area contributed by atoms with Gasteiger partial charge in [0.05, 0.1) is 21.7 Å². The summed E-state index contributed by atoms with van der Waals surface area (Å²) in [6, 6.07) is 10.5. The molecule has 1 aliphatic rings. The van der Waals surface area contributed by atoms with Crippen LogP contribution in [0.3, 0.4) is 0 Å². The molecule has 5 rings (SSSR count). The minimum absolute atomic E-state index is 0.0209. The highest BCUT2D eigenvalue weighted by Crippen LogP contribution is 2.35. The minimum Gasteiger partial charge on any atom is -0.380 e. The van der Waals surface area contributed by atoms with Crippen LogP contribution in [0.15, 0.2) is 54.9 Å². The van der Waals surface area contributed by atoms with Crippen molar-refractivity contribution in [3.63, 3.8) is 0 Å². The number of aromatic nitrogens is 3. The molecule has 0 aliphatic heterocycles. The summed E-state index contributed by atoms with van der Waals surface area (Å²) < 4.78 is 39.6. The molecule has 40 heavy (non-hydrogen) atoms. The zero-order valence-electron chi connectivity index (χ0n) is 20.9. The summed E-state index contributed by atoms with van der Waals surface area (Å²) in [6.07, 6.45) is -1.79. The third-order valence-electron chi connectivity index (χ3n) is 6.39. The van der Waals surface area contributed by atoms with Crippen molar-refractivity contribution in [1.29, 1.82) is 0 Å². The maximum atomic E-state index is 13.2. The molecule has 4 aromatic rings. The first kappa shape index (κ1) is 27.3. The molecule has 2 heterocycles. The van der Waals surface area contributed by atoms with E-state index in [4.69, 9.17) is 11.6 Å². The molecule has 9 nitrogen and oxygen atoms in total. The quantitative estimate of drug-likeness (QED) is 0.251. The van der Waals surface area contributed by atoms with E-state index in [-0.39, 0.29) is 28.5 Å². The number of amides is 2. The van der Waals surface area contributed by atoms with E-state index in [1.165, 1.54) is 18.3 Å². The number of nitrogens with one attached hydrogen (secondary N) is 3. The van der Waals surface area contributed by atoms with Gasteiger partial charge in [-0.15, -0.1) is 0 Å². The Hall–Kier alpha value is -4.29. The summed E-state index contributed by atoms with van der Waals surface area (Å²) >= 11 is 6.27. The van der Waals surface area contributed by atoms with Crippen molar-refractivity contribution >= 4 is 45.8 Å². The zero-order chi connectivity index (χ0) is 28.7. The third kappa shape index (κ3) is 5.68. The molecule has 1 fully saturated rings. The van der Waals surface area contributed by atoms with E-state index in [0.29, 0.717) is 40.8 Å². The highest BCUT2D eigenvalue weighted by atomic mass is 35.5. The Morgan fingerprint density at radius 2 is 1.85 bits per heavy atom. The first-order valence-corrected chi connectivity index (χ1v) is 12.5. The lowest BCUT2D eigenvalue weighted by Gasteiger charge is -2.13. The first-order chi connectivity index (χ1) is 19.0. The van der Waals surface area contributed by atoms with Gasteiger partial charge in [0.2, 0.25) is 0 Å². The number of aliphatic hydroxyl groups is 1. The van der Waals surface area contributed by atoms with Crippen molar-refractivity contribution in [3.05, 3.63) is 76.6 Å². The number of carbonyl (C=O) groups excluding carboxylic acids is 2. The van der Waals surface area contributed by atoms with Crippen LogP contribution < -0.4 is 16.0 Å². The standard InChI is InChI=1S/C27H22ClF3N6O3/c1-32-23-18-4-3-17(10-21(18)36-22(37-23)15-9-16(13-33-12-15)27(29,30)31)35-24(38)19-8-14(2-5-20(19)28)11-34-25(39)26(40)6-7-26/h2-5,8-10,12-13,40H,6-7,11H2,1H3,(H,34,39)(H,35,38)(H,32,36,37). The summed E-state index contributed by atoms with van der Waals surface area (Å²) in [5.41, 5.74) is -0.668. The number of benzene rings is 2. The highest BCUT2D eigenvalue weighted by molar-refractivity contribution is 6.34. The lowest BCUT2D eigenvalue weighted by atomic mass is 10.1. The molecule has 2 aromatic carbocycles. The number of fused-ring (bicyclic) bond motifs is 1. The first-order valence-electron chi connectivity index (χ1n) is 12.1. The lowest BCUT2D eigenvalue weighted by Crippen LogP contribution is -2.35. The Kier molecular flexibility index (Phi) is 7.06. The molecule has 13 heteroatoms. The number of pyridine rings is 1. The Balaban J connectivity index is 1.40. The zero-order valence-corrected chi connectivity index (χ0v) is 21.7. The highest BCUT2D eigenvalue weighted by Gasteiger charge is 2.47. The summed E-state index contributed by atoms with van der Waals surface area (Å²) in [7, 11) is 1.62. The van der Waals surface area contributed by atoms with Crippen molar-refractivity contribution in [3.8, 4) is 11.4 Å². The number of carbonyl (C=O) groups is 2. The normalized spacial score (nSPS) is 14.1. The van der Waals surface area contributed by atoms with Crippen LogP contribution in [0.25, 0.3) is 22.3 Å². The number of hydrogen-bond donors (Lipinski definition) is 4. The largest absolute Gasteiger partial charge is 0.417 e. The Morgan fingerprint density at radius 1 is 1.07 bits per heavy atom. The molecule has 0 unspecified atom stereocenters. The van der Waals surface area contributed by atoms with Crippen LogP contribution in [0.2, 0.25) is 5.02 Å². The van der Waals surface area contributed by atoms with Gasteiger partial charge in [-0.3, -0.25) is 14.6 Å². The van der Waals surface area contributed by atoms with Gasteiger partial charge < -0.3 is 21.1 Å². The predicted molar refractivity (Wildman–Crippen MR) is 143 cm³/mol. The van der Waals surface area contributed by atoms with Gasteiger partial charge >= 0.3 is 6.18 Å². The molecule has 0 radical (unpaired) electrons. The molecule has 1 saturated carbocycles. The van der Waals surface area contributed by atoms with Gasteiger partial charge in [-0.1, -0.05) is 17.7 Å². The van der Waals surface area contributed by atoms with E-state index in [2.05, 4.69) is 30.9 Å². The van der Waals surface area contributed by atoms with Gasteiger partial charge in [0.15, 0.2) is 5.82 Å². The topological polar surface area (TPSA) is 129 Å². The molecule has 4 N–H and O–H groups in total. The summed E-state index contributed by atoms with van der Waals surface area (Å²) in [5.74, 6) is -0.590. The van der Waals surface area contributed by atoms with Crippen LogP contribution in [0.1, 0.15) is 34.3 Å². The number of hydrogen-bond acceptors (Lipinski definition) is 7. The molecule has 2 aromatic heterocycles. The van der Waals surface area contributed by atoms with Crippen molar-refractivity contribution in [2.75, 3.05) is 17.7 Å². The number of nitrogens with zero attached hydrogens (tertiary/aromatic N) is 3. The monoisotopic (exact) mass is 570 g/mol. The summed E-state index contributed by atoms with van der Waals surface area (Å²) in [6.45, 7) is 0.103. The molecule has 1 aliphatic carbocycles. The van der Waals surface area contributed by atoms with E-state index in [0.717, 1.165) is 12.3 Å². The van der Waals surface area contributed by atoms with E-state index in [1.54, 1.807) is 31.3 Å². The van der Waals surface area contributed by atoms with E-state index < -0.39 is 29.2 Å². The predicted octanol–water partition coefficient (Wildman–Crippen LogP) is 4.80. The fraction of sp³-hybridized carbons (Fsp3) is 0.222. The molecule has 206 valence electrons. The van der Waals surface area contributed by atoms with Crippen molar-refractivity contribution in [2.45, 2.75) is 31.2 Å². The molecule has 0 saturated heterocycles. The fourth-order valence-corrected chi connectivity index (χ4v) is 4.19. The number of alkyl halides is 3. The second kappa shape index (κ2) is 10.4. The SMILES string of the molecule is CNc1nc(-c2cncc(C(F)(F)F)c2)nc2cc(NC(=O)c3cc(CNC(=O)C4(O)CC4)ccc3Cl)ccc12. The number of anilines is 2. The van der Waals surface area contributed by atoms with Crippen LogP contribution in [-0.2, 0) is 17.5 Å². The maximum Gasteiger partial charge on any atom is 0.417 e. The Morgan fingerprint density at radius 3 is 2.55 bits per heavy atom. The molecule has 0 bridgehead atoms. The number of rotatable bonds is 7.